The van der Waals surface area contributed by atoms with E-state index < -0.39 is 5.60 Å². The van der Waals surface area contributed by atoms with Crippen LogP contribution in [0.4, 0.5) is 9.18 Å². The number of halogens is 1. The zero-order valence-electron chi connectivity index (χ0n) is 16.4. The lowest BCUT2D eigenvalue weighted by atomic mass is 9.95. The fourth-order valence-corrected chi connectivity index (χ4v) is 3.43. The second-order valence-corrected chi connectivity index (χ2v) is 8.57. The Morgan fingerprint density at radius 3 is 2.22 bits per heavy atom. The monoisotopic (exact) mass is 376 g/mol. The number of hydrogen-bond acceptors (Lipinski definition) is 3. The first kappa shape index (κ1) is 19.6. The van der Waals surface area contributed by atoms with E-state index in [0.29, 0.717) is 38.5 Å². The summed E-state index contributed by atoms with van der Waals surface area (Å²) in [5.41, 5.74) is 0.435. The summed E-state index contributed by atoms with van der Waals surface area (Å²) >= 11 is 0. The van der Waals surface area contributed by atoms with Crippen LogP contribution in [0, 0.1) is 11.7 Å². The van der Waals surface area contributed by atoms with Crippen molar-refractivity contribution in [3.8, 4) is 0 Å². The number of piperidine rings is 1. The SMILES string of the molecule is CC(C)(C)OC(=O)N1CCC(C(=O)N(Cc2ccc(F)cc2)C2CC2)CC1. The van der Waals surface area contributed by atoms with Crippen molar-refractivity contribution >= 4 is 12.0 Å². The second kappa shape index (κ2) is 7.87. The highest BCUT2D eigenvalue weighted by atomic mass is 19.1. The van der Waals surface area contributed by atoms with Gasteiger partial charge in [-0.05, 0) is 64.2 Å². The summed E-state index contributed by atoms with van der Waals surface area (Å²) in [6, 6.07) is 6.65. The third-order valence-corrected chi connectivity index (χ3v) is 5.03. The maximum Gasteiger partial charge on any atom is 0.410 e. The number of likely N-dealkylation sites (tertiary alicyclic amines) is 1. The van der Waals surface area contributed by atoms with Crippen LogP contribution >= 0.6 is 0 Å². The van der Waals surface area contributed by atoms with Crippen LogP contribution in [0.3, 0.4) is 0 Å². The Kier molecular flexibility index (Phi) is 5.72. The zero-order chi connectivity index (χ0) is 19.6. The molecule has 2 aliphatic rings. The first-order valence-electron chi connectivity index (χ1n) is 9.76. The number of carbonyl (C=O) groups is 2. The lowest BCUT2D eigenvalue weighted by Crippen LogP contribution is -2.46. The molecule has 6 heteroatoms. The van der Waals surface area contributed by atoms with E-state index in [-0.39, 0.29) is 23.7 Å². The largest absolute Gasteiger partial charge is 0.444 e. The van der Waals surface area contributed by atoms with Crippen molar-refractivity contribution in [1.29, 1.82) is 0 Å². The van der Waals surface area contributed by atoms with Gasteiger partial charge in [0.05, 0.1) is 0 Å². The number of nitrogens with zero attached hydrogens (tertiary/aromatic N) is 2. The Morgan fingerprint density at radius 2 is 1.70 bits per heavy atom. The van der Waals surface area contributed by atoms with Crippen LogP contribution in [0.25, 0.3) is 0 Å². The van der Waals surface area contributed by atoms with E-state index in [1.165, 1.54) is 12.1 Å². The molecule has 1 saturated heterocycles. The molecule has 1 aromatic rings. The van der Waals surface area contributed by atoms with Crippen LogP contribution in [0.2, 0.25) is 0 Å². The highest BCUT2D eigenvalue weighted by molar-refractivity contribution is 5.80. The topological polar surface area (TPSA) is 49.9 Å². The summed E-state index contributed by atoms with van der Waals surface area (Å²) in [6.45, 7) is 7.16. The summed E-state index contributed by atoms with van der Waals surface area (Å²) in [5, 5.41) is 0. The molecule has 3 rings (SSSR count). The minimum atomic E-state index is -0.512. The normalized spacial score (nSPS) is 18.3. The highest BCUT2D eigenvalue weighted by Gasteiger charge is 2.37. The summed E-state index contributed by atoms with van der Waals surface area (Å²) in [4.78, 5) is 28.9. The molecule has 0 unspecified atom stereocenters. The molecule has 0 atom stereocenters. The maximum atomic E-state index is 13.1. The van der Waals surface area contributed by atoms with Gasteiger partial charge in [-0.25, -0.2) is 9.18 Å². The highest BCUT2D eigenvalue weighted by Crippen LogP contribution is 2.32. The van der Waals surface area contributed by atoms with E-state index in [2.05, 4.69) is 0 Å². The third kappa shape index (κ3) is 5.44. The van der Waals surface area contributed by atoms with Crippen molar-refractivity contribution in [2.45, 2.75) is 64.6 Å². The molecule has 2 fully saturated rings. The van der Waals surface area contributed by atoms with Crippen LogP contribution in [-0.2, 0) is 16.1 Å². The van der Waals surface area contributed by atoms with Gasteiger partial charge in [0, 0.05) is 31.6 Å². The third-order valence-electron chi connectivity index (χ3n) is 5.03. The van der Waals surface area contributed by atoms with Gasteiger partial charge < -0.3 is 14.5 Å². The molecular weight excluding hydrogens is 347 g/mol. The van der Waals surface area contributed by atoms with Gasteiger partial charge in [0.15, 0.2) is 0 Å². The van der Waals surface area contributed by atoms with E-state index >= 15 is 0 Å². The summed E-state index contributed by atoms with van der Waals surface area (Å²) in [7, 11) is 0. The molecule has 1 heterocycles. The molecule has 0 N–H and O–H groups in total. The molecule has 0 bridgehead atoms. The molecule has 1 aliphatic carbocycles. The Balaban J connectivity index is 1.56. The minimum absolute atomic E-state index is 0.0651. The van der Waals surface area contributed by atoms with Gasteiger partial charge in [-0.15, -0.1) is 0 Å². The molecule has 5 nitrogen and oxygen atoms in total. The number of ether oxygens (including phenoxy) is 1. The molecule has 2 amide bonds. The number of amides is 2. The zero-order valence-corrected chi connectivity index (χ0v) is 16.4. The number of benzene rings is 1. The van der Waals surface area contributed by atoms with Crippen LogP contribution < -0.4 is 0 Å². The molecule has 1 saturated carbocycles. The summed E-state index contributed by atoms with van der Waals surface area (Å²) in [6.07, 6.45) is 3.07. The predicted molar refractivity (Wildman–Crippen MR) is 101 cm³/mol. The molecule has 0 spiro atoms. The van der Waals surface area contributed by atoms with Crippen LogP contribution in [0.5, 0.6) is 0 Å². The second-order valence-electron chi connectivity index (χ2n) is 8.57. The van der Waals surface area contributed by atoms with Crippen molar-refractivity contribution in [3.05, 3.63) is 35.6 Å². The fourth-order valence-electron chi connectivity index (χ4n) is 3.43. The Labute approximate surface area is 160 Å². The molecule has 148 valence electrons. The molecule has 0 radical (unpaired) electrons. The smallest absolute Gasteiger partial charge is 0.410 e. The predicted octanol–water partition coefficient (Wildman–Crippen LogP) is 3.96. The number of carbonyl (C=O) groups excluding carboxylic acids is 2. The summed E-state index contributed by atoms with van der Waals surface area (Å²) < 4.78 is 18.5. The van der Waals surface area contributed by atoms with E-state index in [1.54, 1.807) is 17.0 Å². The van der Waals surface area contributed by atoms with Crippen LogP contribution in [0.15, 0.2) is 24.3 Å². The summed E-state index contributed by atoms with van der Waals surface area (Å²) in [5.74, 6) is -0.173. The number of hydrogen-bond donors (Lipinski definition) is 0. The molecule has 27 heavy (non-hydrogen) atoms. The molecular formula is C21H29FN2O3. The van der Waals surface area contributed by atoms with Gasteiger partial charge in [0.2, 0.25) is 5.91 Å². The van der Waals surface area contributed by atoms with Gasteiger partial charge in [0.1, 0.15) is 11.4 Å². The Morgan fingerprint density at radius 1 is 1.11 bits per heavy atom. The molecule has 1 aliphatic heterocycles. The lowest BCUT2D eigenvalue weighted by molar-refractivity contribution is -0.138. The van der Waals surface area contributed by atoms with Gasteiger partial charge in [-0.2, -0.15) is 0 Å². The van der Waals surface area contributed by atoms with E-state index in [9.17, 15) is 14.0 Å². The van der Waals surface area contributed by atoms with Gasteiger partial charge in [0.25, 0.3) is 0 Å². The van der Waals surface area contributed by atoms with Crippen molar-refractivity contribution in [1.82, 2.24) is 9.80 Å². The average Bonchev–Trinajstić information content (AvgIpc) is 3.44. The van der Waals surface area contributed by atoms with E-state index in [0.717, 1.165) is 18.4 Å². The van der Waals surface area contributed by atoms with Crippen molar-refractivity contribution in [2.75, 3.05) is 13.1 Å². The van der Waals surface area contributed by atoms with Crippen LogP contribution in [-0.4, -0.2) is 46.5 Å². The Bertz CT molecular complexity index is 672. The molecule has 0 aromatic heterocycles. The van der Waals surface area contributed by atoms with Crippen LogP contribution in [0.1, 0.15) is 52.0 Å². The van der Waals surface area contributed by atoms with Gasteiger partial charge in [-0.3, -0.25) is 4.79 Å². The molecule has 1 aromatic carbocycles. The minimum Gasteiger partial charge on any atom is -0.444 e. The standard InChI is InChI=1S/C21H29FN2O3/c1-21(2,3)27-20(26)23-12-10-16(11-13-23)19(25)24(18-8-9-18)14-15-4-6-17(22)7-5-15/h4-7,16,18H,8-14H2,1-3H3. The van der Waals surface area contributed by atoms with E-state index in [1.807, 2.05) is 25.7 Å². The van der Waals surface area contributed by atoms with E-state index in [4.69, 9.17) is 4.74 Å². The maximum absolute atomic E-state index is 13.1. The van der Waals surface area contributed by atoms with Crippen molar-refractivity contribution < 1.29 is 18.7 Å². The fraction of sp³-hybridized carbons (Fsp3) is 0.619. The van der Waals surface area contributed by atoms with Gasteiger partial charge in [-0.1, -0.05) is 12.1 Å². The quantitative estimate of drug-likeness (QED) is 0.799. The lowest BCUT2D eigenvalue weighted by Gasteiger charge is -2.35. The Hall–Kier alpha value is -2.11. The van der Waals surface area contributed by atoms with Crippen molar-refractivity contribution in [2.24, 2.45) is 5.92 Å². The first-order chi connectivity index (χ1) is 12.7. The van der Waals surface area contributed by atoms with Crippen molar-refractivity contribution in [3.63, 3.8) is 0 Å². The first-order valence-corrected chi connectivity index (χ1v) is 9.76. The average molecular weight is 376 g/mol. The van der Waals surface area contributed by atoms with Gasteiger partial charge >= 0.3 is 6.09 Å². The number of rotatable bonds is 4.